The van der Waals surface area contributed by atoms with E-state index in [1.165, 1.54) is 0 Å². The van der Waals surface area contributed by atoms with E-state index in [4.69, 9.17) is 15.3 Å². The molecular formula is C15H20N4O2. The number of nitrogens with one attached hydrogen (secondary N) is 1. The van der Waals surface area contributed by atoms with Crippen LogP contribution in [0.5, 0.6) is 11.5 Å². The number of nitrogens with zero attached hydrogens (tertiary/aromatic N) is 2. The van der Waals surface area contributed by atoms with E-state index in [0.717, 1.165) is 35.7 Å². The molecule has 2 aromatic rings. The summed E-state index contributed by atoms with van der Waals surface area (Å²) in [6, 6.07) is 7.75. The van der Waals surface area contributed by atoms with Gasteiger partial charge in [-0.15, -0.1) is 0 Å². The van der Waals surface area contributed by atoms with E-state index >= 15 is 0 Å². The lowest BCUT2D eigenvalue weighted by Crippen LogP contribution is -2.31. The van der Waals surface area contributed by atoms with Gasteiger partial charge in [-0.25, -0.2) is 5.43 Å². The van der Waals surface area contributed by atoms with Gasteiger partial charge in [-0.05, 0) is 30.2 Å². The van der Waals surface area contributed by atoms with Crippen molar-refractivity contribution in [1.29, 1.82) is 0 Å². The van der Waals surface area contributed by atoms with E-state index in [2.05, 4.69) is 17.4 Å². The number of fused-ring (bicyclic) bond motifs is 1. The summed E-state index contributed by atoms with van der Waals surface area (Å²) in [5.41, 5.74) is 4.93. The molecule has 0 fully saturated rings. The van der Waals surface area contributed by atoms with Gasteiger partial charge in [-0.1, -0.05) is 13.0 Å². The molecule has 21 heavy (non-hydrogen) atoms. The summed E-state index contributed by atoms with van der Waals surface area (Å²) >= 11 is 0. The van der Waals surface area contributed by atoms with Crippen LogP contribution in [0.25, 0.3) is 0 Å². The van der Waals surface area contributed by atoms with Gasteiger partial charge in [-0.3, -0.25) is 10.5 Å². The third-order valence-electron chi connectivity index (χ3n) is 3.55. The van der Waals surface area contributed by atoms with Crippen molar-refractivity contribution in [3.63, 3.8) is 0 Å². The molecule has 0 aliphatic carbocycles. The van der Waals surface area contributed by atoms with Gasteiger partial charge in [0.1, 0.15) is 13.2 Å². The first kappa shape index (κ1) is 13.9. The Balaban J connectivity index is 1.94. The van der Waals surface area contributed by atoms with Crippen LogP contribution in [0.3, 0.4) is 0 Å². The number of benzene rings is 1. The normalized spacial score (nSPS) is 15.0. The molecule has 0 spiro atoms. The predicted molar refractivity (Wildman–Crippen MR) is 79.1 cm³/mol. The Kier molecular flexibility index (Phi) is 4.08. The van der Waals surface area contributed by atoms with Crippen LogP contribution in [0.15, 0.2) is 30.5 Å². The maximum atomic E-state index is 5.77. The summed E-state index contributed by atoms with van der Waals surface area (Å²) in [6.07, 6.45) is 2.82. The third kappa shape index (κ3) is 2.72. The first-order chi connectivity index (χ1) is 10.3. The highest BCUT2D eigenvalue weighted by Crippen LogP contribution is 2.34. The van der Waals surface area contributed by atoms with Crippen LogP contribution in [-0.4, -0.2) is 23.0 Å². The fourth-order valence-corrected chi connectivity index (χ4v) is 2.58. The van der Waals surface area contributed by atoms with Crippen LogP contribution >= 0.6 is 0 Å². The highest BCUT2D eigenvalue weighted by molar-refractivity contribution is 5.46. The minimum Gasteiger partial charge on any atom is -0.486 e. The molecule has 1 atom stereocenters. The molecule has 3 rings (SSSR count). The van der Waals surface area contributed by atoms with Crippen molar-refractivity contribution in [2.45, 2.75) is 25.9 Å². The molecule has 112 valence electrons. The molecule has 0 saturated carbocycles. The van der Waals surface area contributed by atoms with Gasteiger partial charge < -0.3 is 9.47 Å². The molecule has 2 heterocycles. The number of hydrogen-bond donors (Lipinski definition) is 2. The fraction of sp³-hybridized carbons (Fsp3) is 0.400. The molecule has 0 saturated heterocycles. The zero-order valence-corrected chi connectivity index (χ0v) is 12.1. The van der Waals surface area contributed by atoms with E-state index in [-0.39, 0.29) is 6.04 Å². The molecule has 1 aromatic carbocycles. The van der Waals surface area contributed by atoms with Crippen molar-refractivity contribution in [1.82, 2.24) is 15.2 Å². The number of aromatic nitrogens is 2. The van der Waals surface area contributed by atoms with Crippen LogP contribution in [0.1, 0.15) is 30.6 Å². The number of aryl methyl sites for hydroxylation is 1. The van der Waals surface area contributed by atoms with Gasteiger partial charge in [-0.2, -0.15) is 5.10 Å². The van der Waals surface area contributed by atoms with E-state index in [1.807, 2.05) is 28.9 Å². The first-order valence-electron chi connectivity index (χ1n) is 7.21. The van der Waals surface area contributed by atoms with Gasteiger partial charge in [0.2, 0.25) is 0 Å². The van der Waals surface area contributed by atoms with Crippen LogP contribution in [0.4, 0.5) is 0 Å². The van der Waals surface area contributed by atoms with Crippen molar-refractivity contribution >= 4 is 0 Å². The molecule has 3 N–H and O–H groups in total. The van der Waals surface area contributed by atoms with Gasteiger partial charge >= 0.3 is 0 Å². The van der Waals surface area contributed by atoms with Gasteiger partial charge in [0.25, 0.3) is 0 Å². The van der Waals surface area contributed by atoms with Gasteiger partial charge in [0, 0.05) is 12.7 Å². The minimum absolute atomic E-state index is 0.130. The SMILES string of the molecule is CCCn1nccc1C(NN)c1ccc2c(c1)OCCO2. The van der Waals surface area contributed by atoms with Gasteiger partial charge in [0.05, 0.1) is 11.7 Å². The summed E-state index contributed by atoms with van der Waals surface area (Å²) in [4.78, 5) is 0. The Morgan fingerprint density at radius 2 is 2.10 bits per heavy atom. The van der Waals surface area contributed by atoms with Crippen LogP contribution in [0.2, 0.25) is 0 Å². The summed E-state index contributed by atoms with van der Waals surface area (Å²) in [5.74, 6) is 7.32. The lowest BCUT2D eigenvalue weighted by Gasteiger charge is -2.22. The molecule has 1 aliphatic rings. The molecule has 1 unspecified atom stereocenters. The summed E-state index contributed by atoms with van der Waals surface area (Å²) in [6.45, 7) is 4.16. The highest BCUT2D eigenvalue weighted by atomic mass is 16.6. The van der Waals surface area contributed by atoms with Crippen molar-refractivity contribution < 1.29 is 9.47 Å². The third-order valence-corrected chi connectivity index (χ3v) is 3.55. The maximum absolute atomic E-state index is 5.77. The Bertz CT molecular complexity index is 611. The predicted octanol–water partition coefficient (Wildman–Crippen LogP) is 1.62. The summed E-state index contributed by atoms with van der Waals surface area (Å²) in [5, 5.41) is 4.35. The molecule has 0 radical (unpaired) electrons. The zero-order chi connectivity index (χ0) is 14.7. The largest absolute Gasteiger partial charge is 0.486 e. The average Bonchev–Trinajstić information content (AvgIpc) is 2.97. The zero-order valence-electron chi connectivity index (χ0n) is 12.1. The highest BCUT2D eigenvalue weighted by Gasteiger charge is 2.20. The van der Waals surface area contributed by atoms with Crippen molar-refractivity contribution in [2.24, 2.45) is 5.84 Å². The van der Waals surface area contributed by atoms with Gasteiger partial charge in [0.15, 0.2) is 11.5 Å². The second kappa shape index (κ2) is 6.15. The number of hydrogen-bond acceptors (Lipinski definition) is 5. The van der Waals surface area contributed by atoms with Crippen molar-refractivity contribution in [2.75, 3.05) is 13.2 Å². The maximum Gasteiger partial charge on any atom is 0.161 e. The Morgan fingerprint density at radius 1 is 1.29 bits per heavy atom. The van der Waals surface area contributed by atoms with E-state index in [0.29, 0.717) is 13.2 Å². The Labute approximate surface area is 123 Å². The Morgan fingerprint density at radius 3 is 2.86 bits per heavy atom. The van der Waals surface area contributed by atoms with Crippen LogP contribution in [-0.2, 0) is 6.54 Å². The van der Waals surface area contributed by atoms with Crippen LogP contribution in [0, 0.1) is 0 Å². The molecule has 6 heteroatoms. The van der Waals surface area contributed by atoms with E-state index in [9.17, 15) is 0 Å². The molecule has 0 bridgehead atoms. The van der Waals surface area contributed by atoms with E-state index < -0.39 is 0 Å². The smallest absolute Gasteiger partial charge is 0.161 e. The molecular weight excluding hydrogens is 268 g/mol. The fourth-order valence-electron chi connectivity index (χ4n) is 2.58. The van der Waals surface area contributed by atoms with E-state index in [1.54, 1.807) is 6.20 Å². The lowest BCUT2D eigenvalue weighted by molar-refractivity contribution is 0.171. The standard InChI is InChI=1S/C15H20N4O2/c1-2-7-19-12(5-6-17-19)15(18-16)11-3-4-13-14(10-11)21-9-8-20-13/h3-6,10,15,18H,2,7-9,16H2,1H3. The average molecular weight is 288 g/mol. The number of hydrazine groups is 1. The molecule has 1 aromatic heterocycles. The lowest BCUT2D eigenvalue weighted by atomic mass is 10.0. The number of ether oxygens (including phenoxy) is 2. The number of rotatable bonds is 5. The quantitative estimate of drug-likeness (QED) is 0.646. The monoisotopic (exact) mass is 288 g/mol. The second-order valence-electron chi connectivity index (χ2n) is 4.98. The molecule has 6 nitrogen and oxygen atoms in total. The first-order valence-corrected chi connectivity index (χ1v) is 7.21. The summed E-state index contributed by atoms with van der Waals surface area (Å²) in [7, 11) is 0. The summed E-state index contributed by atoms with van der Waals surface area (Å²) < 4.78 is 13.2. The second-order valence-corrected chi connectivity index (χ2v) is 4.98. The number of nitrogens with two attached hydrogens (primary N) is 1. The topological polar surface area (TPSA) is 74.3 Å². The minimum atomic E-state index is -0.130. The van der Waals surface area contributed by atoms with Crippen LogP contribution < -0.4 is 20.7 Å². The van der Waals surface area contributed by atoms with Crippen molar-refractivity contribution in [3.8, 4) is 11.5 Å². The molecule has 1 aliphatic heterocycles. The Hall–Kier alpha value is -2.05. The van der Waals surface area contributed by atoms with Crippen molar-refractivity contribution in [3.05, 3.63) is 41.7 Å². The molecule has 0 amide bonds.